The third-order valence-electron chi connectivity index (χ3n) is 4.85. The van der Waals surface area contributed by atoms with Crippen LogP contribution in [0.15, 0.2) is 36.4 Å². The maximum atomic E-state index is 13.6. The highest BCUT2D eigenvalue weighted by Gasteiger charge is 2.34. The molecule has 2 aromatic rings. The summed E-state index contributed by atoms with van der Waals surface area (Å²) in [7, 11) is 0. The van der Waals surface area contributed by atoms with Gasteiger partial charge in [-0.05, 0) is 42.7 Å². The fraction of sp³-hybridized carbons (Fsp3) is 0.316. The van der Waals surface area contributed by atoms with Gasteiger partial charge in [-0.15, -0.1) is 0 Å². The molecule has 1 fully saturated rings. The Morgan fingerprint density at radius 1 is 1.15 bits per heavy atom. The van der Waals surface area contributed by atoms with Gasteiger partial charge in [0.25, 0.3) is 11.6 Å². The number of nitrogens with zero attached hydrogens (tertiary/aromatic N) is 2. The third-order valence-corrected chi connectivity index (χ3v) is 4.85. The minimum absolute atomic E-state index is 0.232. The number of carbonyl (C=O) groups excluding carboxylic acids is 1. The van der Waals surface area contributed by atoms with Crippen LogP contribution in [0.25, 0.3) is 0 Å². The fourth-order valence-corrected chi connectivity index (χ4v) is 3.62. The number of hydrogen-bond donors (Lipinski definition) is 0. The van der Waals surface area contributed by atoms with Crippen LogP contribution in [0.3, 0.4) is 0 Å². The number of likely N-dealkylation sites (tertiary alicyclic amines) is 1. The lowest BCUT2D eigenvalue weighted by molar-refractivity contribution is -0.385. The molecule has 0 N–H and O–H groups in total. The van der Waals surface area contributed by atoms with E-state index in [1.807, 2.05) is 12.1 Å². The van der Waals surface area contributed by atoms with Crippen LogP contribution >= 0.6 is 0 Å². The number of halogens is 1. The van der Waals surface area contributed by atoms with E-state index >= 15 is 0 Å². The number of nitro groups is 1. The van der Waals surface area contributed by atoms with Crippen molar-refractivity contribution in [2.75, 3.05) is 19.8 Å². The standard InChI is InChI=1S/C19H17FN2O5/c20-13-4-5-16(22(24)25)14(11-13)19(23)21-7-1-2-15(21)12-3-6-17-18(10-12)27-9-8-26-17/h3-6,10-11,15H,1-2,7-9H2. The van der Waals surface area contributed by atoms with E-state index in [2.05, 4.69) is 0 Å². The molecule has 2 heterocycles. The molecule has 27 heavy (non-hydrogen) atoms. The van der Waals surface area contributed by atoms with Crippen molar-refractivity contribution in [2.24, 2.45) is 0 Å². The molecule has 0 spiro atoms. The van der Waals surface area contributed by atoms with Gasteiger partial charge < -0.3 is 14.4 Å². The van der Waals surface area contributed by atoms with Gasteiger partial charge in [0.05, 0.1) is 11.0 Å². The monoisotopic (exact) mass is 372 g/mol. The van der Waals surface area contributed by atoms with Gasteiger partial charge in [0.15, 0.2) is 11.5 Å². The summed E-state index contributed by atoms with van der Waals surface area (Å²) in [5.74, 6) is 0.0500. The van der Waals surface area contributed by atoms with Crippen LogP contribution in [0.5, 0.6) is 11.5 Å². The van der Waals surface area contributed by atoms with E-state index < -0.39 is 22.3 Å². The largest absolute Gasteiger partial charge is 0.486 e. The molecule has 2 aliphatic rings. The summed E-state index contributed by atoms with van der Waals surface area (Å²) in [6.07, 6.45) is 1.47. The Kier molecular flexibility index (Phi) is 4.39. The summed E-state index contributed by atoms with van der Waals surface area (Å²) in [5, 5.41) is 11.2. The highest BCUT2D eigenvalue weighted by molar-refractivity contribution is 5.98. The molecule has 0 aliphatic carbocycles. The molecular formula is C19H17FN2O5. The Bertz CT molecular complexity index is 917. The molecule has 8 heteroatoms. The second-order valence-corrected chi connectivity index (χ2v) is 6.48. The van der Waals surface area contributed by atoms with E-state index in [1.165, 1.54) is 0 Å². The van der Waals surface area contributed by atoms with Crippen molar-refractivity contribution >= 4 is 11.6 Å². The van der Waals surface area contributed by atoms with Gasteiger partial charge in [0.1, 0.15) is 24.6 Å². The molecule has 4 rings (SSSR count). The van der Waals surface area contributed by atoms with E-state index in [0.29, 0.717) is 37.7 Å². The Hall–Kier alpha value is -3.16. The van der Waals surface area contributed by atoms with Crippen LogP contribution in [0, 0.1) is 15.9 Å². The third kappa shape index (κ3) is 3.18. The normalized spacial score (nSPS) is 18.4. The Balaban J connectivity index is 1.67. The summed E-state index contributed by atoms with van der Waals surface area (Å²) in [5.41, 5.74) is 0.239. The SMILES string of the molecule is O=C(c1cc(F)ccc1[N+](=O)[O-])N1CCCC1c1ccc2c(c1)OCCO2. The molecule has 0 saturated carbocycles. The predicted octanol–water partition coefficient (Wildman–Crippen LogP) is 3.48. The molecule has 1 amide bonds. The number of fused-ring (bicyclic) bond motifs is 1. The lowest BCUT2D eigenvalue weighted by atomic mass is 10.0. The summed E-state index contributed by atoms with van der Waals surface area (Å²) in [4.78, 5) is 25.1. The first kappa shape index (κ1) is 17.3. The molecule has 0 radical (unpaired) electrons. The van der Waals surface area contributed by atoms with Crippen molar-refractivity contribution in [3.8, 4) is 11.5 Å². The maximum Gasteiger partial charge on any atom is 0.282 e. The first-order valence-corrected chi connectivity index (χ1v) is 8.69. The molecular weight excluding hydrogens is 355 g/mol. The second-order valence-electron chi connectivity index (χ2n) is 6.48. The van der Waals surface area contributed by atoms with Crippen LogP contribution < -0.4 is 9.47 Å². The minimum Gasteiger partial charge on any atom is -0.486 e. The van der Waals surface area contributed by atoms with E-state index in [1.54, 1.807) is 11.0 Å². The van der Waals surface area contributed by atoms with Crippen LogP contribution in [-0.4, -0.2) is 35.5 Å². The van der Waals surface area contributed by atoms with Gasteiger partial charge in [-0.2, -0.15) is 0 Å². The van der Waals surface area contributed by atoms with Gasteiger partial charge in [-0.1, -0.05) is 6.07 Å². The van der Waals surface area contributed by atoms with Crippen molar-refractivity contribution < 1.29 is 23.6 Å². The number of carbonyl (C=O) groups is 1. The molecule has 2 aliphatic heterocycles. The molecule has 1 atom stereocenters. The van der Waals surface area contributed by atoms with Gasteiger partial charge in [-0.3, -0.25) is 14.9 Å². The van der Waals surface area contributed by atoms with Crippen molar-refractivity contribution in [3.63, 3.8) is 0 Å². The smallest absolute Gasteiger partial charge is 0.282 e. The number of ether oxygens (including phenoxy) is 2. The highest BCUT2D eigenvalue weighted by Crippen LogP contribution is 2.39. The summed E-state index contributed by atoms with van der Waals surface area (Å²) >= 11 is 0. The molecule has 7 nitrogen and oxygen atoms in total. The van der Waals surface area contributed by atoms with Crippen molar-refractivity contribution in [3.05, 3.63) is 63.5 Å². The predicted molar refractivity (Wildman–Crippen MR) is 93.5 cm³/mol. The van der Waals surface area contributed by atoms with Gasteiger partial charge in [-0.25, -0.2) is 4.39 Å². The number of amides is 1. The lowest BCUT2D eigenvalue weighted by Crippen LogP contribution is -2.31. The fourth-order valence-electron chi connectivity index (χ4n) is 3.62. The van der Waals surface area contributed by atoms with E-state index in [4.69, 9.17) is 9.47 Å². The zero-order valence-corrected chi connectivity index (χ0v) is 14.4. The average molecular weight is 372 g/mol. The minimum atomic E-state index is -0.681. The quantitative estimate of drug-likeness (QED) is 0.609. The zero-order chi connectivity index (χ0) is 19.0. The number of hydrogen-bond acceptors (Lipinski definition) is 5. The van der Waals surface area contributed by atoms with E-state index in [9.17, 15) is 19.3 Å². The summed E-state index contributed by atoms with van der Waals surface area (Å²) in [6.45, 7) is 1.40. The molecule has 0 bridgehead atoms. The first-order chi connectivity index (χ1) is 13.0. The first-order valence-electron chi connectivity index (χ1n) is 8.69. The average Bonchev–Trinajstić information content (AvgIpc) is 3.16. The molecule has 0 aromatic heterocycles. The molecule has 140 valence electrons. The van der Waals surface area contributed by atoms with E-state index in [-0.39, 0.29) is 11.6 Å². The highest BCUT2D eigenvalue weighted by atomic mass is 19.1. The van der Waals surface area contributed by atoms with Gasteiger partial charge in [0.2, 0.25) is 0 Å². The Morgan fingerprint density at radius 3 is 2.70 bits per heavy atom. The topological polar surface area (TPSA) is 81.9 Å². The van der Waals surface area contributed by atoms with Gasteiger partial charge >= 0.3 is 0 Å². The van der Waals surface area contributed by atoms with Crippen LogP contribution in [0.2, 0.25) is 0 Å². The van der Waals surface area contributed by atoms with E-state index in [0.717, 1.165) is 30.2 Å². The number of nitro benzene ring substituents is 1. The number of benzene rings is 2. The Morgan fingerprint density at radius 2 is 1.93 bits per heavy atom. The number of rotatable bonds is 3. The summed E-state index contributed by atoms with van der Waals surface area (Å²) < 4.78 is 24.8. The second kappa shape index (κ2) is 6.86. The molecule has 1 saturated heterocycles. The lowest BCUT2D eigenvalue weighted by Gasteiger charge is -2.26. The van der Waals surface area contributed by atoms with Crippen LogP contribution in [-0.2, 0) is 0 Å². The van der Waals surface area contributed by atoms with Crippen molar-refractivity contribution in [1.29, 1.82) is 0 Å². The molecule has 1 unspecified atom stereocenters. The van der Waals surface area contributed by atoms with Crippen LogP contribution in [0.1, 0.15) is 34.8 Å². The van der Waals surface area contributed by atoms with Crippen molar-refractivity contribution in [1.82, 2.24) is 4.90 Å². The Labute approximate surface area is 154 Å². The van der Waals surface area contributed by atoms with Gasteiger partial charge in [0, 0.05) is 12.6 Å². The maximum absolute atomic E-state index is 13.6. The summed E-state index contributed by atoms with van der Waals surface area (Å²) in [6, 6.07) is 8.19. The van der Waals surface area contributed by atoms with Crippen molar-refractivity contribution in [2.45, 2.75) is 18.9 Å². The zero-order valence-electron chi connectivity index (χ0n) is 14.4. The molecule has 2 aromatic carbocycles. The van der Waals surface area contributed by atoms with Crippen LogP contribution in [0.4, 0.5) is 10.1 Å².